The number of nitrogens with one attached hydrogen (secondary N) is 1. The first-order valence-electron chi connectivity index (χ1n) is 6.43. The van der Waals surface area contributed by atoms with Crippen LogP contribution in [-0.2, 0) is 10.4 Å². The van der Waals surface area contributed by atoms with Crippen molar-refractivity contribution in [3.8, 4) is 0 Å². The maximum Gasteiger partial charge on any atom is 0.261 e. The highest BCUT2D eigenvalue weighted by atomic mass is 35.5. The molecule has 1 atom stereocenters. The molecule has 3 rings (SSSR count). The van der Waals surface area contributed by atoms with Crippen molar-refractivity contribution in [3.05, 3.63) is 64.7 Å². The van der Waals surface area contributed by atoms with Crippen LogP contribution in [0.1, 0.15) is 22.3 Å². The Morgan fingerprint density at radius 3 is 2.62 bits per heavy atom. The molecule has 21 heavy (non-hydrogen) atoms. The molecule has 0 saturated carbocycles. The average molecular weight is 302 g/mol. The van der Waals surface area contributed by atoms with E-state index >= 15 is 0 Å². The Hall–Kier alpha value is -2.17. The minimum Gasteiger partial charge on any atom is -0.375 e. The van der Waals surface area contributed by atoms with Crippen LogP contribution < -0.4 is 5.32 Å². The molecule has 5 heteroatoms. The van der Waals surface area contributed by atoms with Gasteiger partial charge in [-0.25, -0.2) is 0 Å². The molecule has 106 valence electrons. The van der Waals surface area contributed by atoms with Crippen molar-refractivity contribution >= 4 is 29.0 Å². The van der Waals surface area contributed by atoms with E-state index in [1.165, 1.54) is 0 Å². The molecule has 0 fully saturated rings. The number of hydrogen-bond donors (Lipinski definition) is 2. The van der Waals surface area contributed by atoms with E-state index in [2.05, 4.69) is 5.32 Å². The quantitative estimate of drug-likeness (QED) is 0.857. The Kier molecular flexibility index (Phi) is 3.27. The first-order chi connectivity index (χ1) is 10.0. The van der Waals surface area contributed by atoms with Crippen LogP contribution in [0, 0.1) is 0 Å². The van der Waals surface area contributed by atoms with Gasteiger partial charge in [-0.1, -0.05) is 48.0 Å². The molecule has 2 aromatic carbocycles. The minimum atomic E-state index is -1.85. The minimum absolute atomic E-state index is 0.295. The number of Topliss-reactive ketones (excluding diaryl/α,β-unsaturated/α-hetero) is 1. The highest BCUT2D eigenvalue weighted by Crippen LogP contribution is 2.40. The standard InChI is InChI=1S/C16H12ClNO3/c17-11-6-7-12-13(8-11)18-15(20)16(12,21)9-14(19)10-4-2-1-3-5-10/h1-8,21H,9H2,(H,18,20). The Labute approximate surface area is 126 Å². The van der Waals surface area contributed by atoms with Gasteiger partial charge in [0.2, 0.25) is 0 Å². The zero-order chi connectivity index (χ0) is 15.0. The van der Waals surface area contributed by atoms with Crippen LogP contribution in [0.2, 0.25) is 5.02 Å². The Bertz CT molecular complexity index is 730. The van der Waals surface area contributed by atoms with Crippen molar-refractivity contribution in [2.45, 2.75) is 12.0 Å². The fourth-order valence-electron chi connectivity index (χ4n) is 2.46. The summed E-state index contributed by atoms with van der Waals surface area (Å²) in [6.07, 6.45) is -0.308. The molecule has 1 amide bonds. The first-order valence-corrected chi connectivity index (χ1v) is 6.80. The molecule has 0 radical (unpaired) electrons. The van der Waals surface area contributed by atoms with Crippen molar-refractivity contribution < 1.29 is 14.7 Å². The summed E-state index contributed by atoms with van der Waals surface area (Å²) >= 11 is 5.87. The van der Waals surface area contributed by atoms with Gasteiger partial charge in [-0.2, -0.15) is 0 Å². The second-order valence-electron chi connectivity index (χ2n) is 4.97. The van der Waals surface area contributed by atoms with Crippen LogP contribution in [0.25, 0.3) is 0 Å². The number of hydrogen-bond acceptors (Lipinski definition) is 3. The number of rotatable bonds is 3. The van der Waals surface area contributed by atoms with Crippen molar-refractivity contribution in [1.82, 2.24) is 0 Å². The van der Waals surface area contributed by atoms with Crippen LogP contribution in [0.15, 0.2) is 48.5 Å². The van der Waals surface area contributed by atoms with E-state index in [1.54, 1.807) is 48.5 Å². The number of fused-ring (bicyclic) bond motifs is 1. The molecule has 2 N–H and O–H groups in total. The second kappa shape index (κ2) is 4.98. The van der Waals surface area contributed by atoms with Gasteiger partial charge >= 0.3 is 0 Å². The first kappa shape index (κ1) is 13.8. The van der Waals surface area contributed by atoms with Crippen molar-refractivity contribution in [2.75, 3.05) is 5.32 Å². The van der Waals surface area contributed by atoms with Gasteiger partial charge in [0.05, 0.1) is 6.42 Å². The summed E-state index contributed by atoms with van der Waals surface area (Å²) in [6.45, 7) is 0. The fourth-order valence-corrected chi connectivity index (χ4v) is 2.63. The zero-order valence-electron chi connectivity index (χ0n) is 11.0. The molecular formula is C16H12ClNO3. The number of benzene rings is 2. The predicted molar refractivity (Wildman–Crippen MR) is 79.4 cm³/mol. The highest BCUT2D eigenvalue weighted by Gasteiger charge is 2.46. The van der Waals surface area contributed by atoms with Crippen LogP contribution in [0.3, 0.4) is 0 Å². The number of carbonyl (C=O) groups is 2. The smallest absolute Gasteiger partial charge is 0.261 e. The number of anilines is 1. The summed E-state index contributed by atoms with van der Waals surface area (Å²) in [6, 6.07) is 13.3. The van der Waals surface area contributed by atoms with Crippen LogP contribution in [-0.4, -0.2) is 16.8 Å². The Balaban J connectivity index is 1.95. The van der Waals surface area contributed by atoms with Crippen molar-refractivity contribution in [3.63, 3.8) is 0 Å². The van der Waals surface area contributed by atoms with Gasteiger partial charge in [-0.3, -0.25) is 9.59 Å². The lowest BCUT2D eigenvalue weighted by atomic mass is 9.88. The summed E-state index contributed by atoms with van der Waals surface area (Å²) in [5.74, 6) is -0.903. The lowest BCUT2D eigenvalue weighted by molar-refractivity contribution is -0.133. The molecule has 1 heterocycles. The summed E-state index contributed by atoms with van der Waals surface area (Å²) in [5, 5.41) is 13.7. The van der Waals surface area contributed by atoms with E-state index in [0.29, 0.717) is 21.8 Å². The molecule has 1 aliphatic heterocycles. The maximum absolute atomic E-state index is 12.3. The van der Waals surface area contributed by atoms with E-state index in [0.717, 1.165) is 0 Å². The van der Waals surface area contributed by atoms with Gasteiger partial charge in [-0.15, -0.1) is 0 Å². The SMILES string of the molecule is O=C(CC1(O)C(=O)Nc2cc(Cl)ccc21)c1ccccc1. The van der Waals surface area contributed by atoms with E-state index in [4.69, 9.17) is 11.6 Å². The molecule has 4 nitrogen and oxygen atoms in total. The van der Waals surface area contributed by atoms with E-state index in [1.807, 2.05) is 0 Å². The number of ketones is 1. The summed E-state index contributed by atoms with van der Waals surface area (Å²) in [7, 11) is 0. The van der Waals surface area contributed by atoms with Gasteiger partial charge in [0.25, 0.3) is 5.91 Å². The molecule has 2 aromatic rings. The second-order valence-corrected chi connectivity index (χ2v) is 5.41. The summed E-state index contributed by atoms with van der Waals surface area (Å²) in [4.78, 5) is 24.3. The third kappa shape index (κ3) is 2.33. The maximum atomic E-state index is 12.3. The molecule has 0 aromatic heterocycles. The molecular weight excluding hydrogens is 290 g/mol. The summed E-state index contributed by atoms with van der Waals surface area (Å²) in [5.41, 5.74) is -0.578. The van der Waals surface area contributed by atoms with E-state index in [9.17, 15) is 14.7 Å². The molecule has 0 bridgehead atoms. The fraction of sp³-hybridized carbons (Fsp3) is 0.125. The van der Waals surface area contributed by atoms with Crippen molar-refractivity contribution in [2.24, 2.45) is 0 Å². The van der Waals surface area contributed by atoms with Gasteiger partial charge in [0.15, 0.2) is 11.4 Å². The molecule has 1 aliphatic rings. The largest absolute Gasteiger partial charge is 0.375 e. The third-order valence-electron chi connectivity index (χ3n) is 3.56. The van der Waals surface area contributed by atoms with Crippen LogP contribution in [0.5, 0.6) is 0 Å². The lowest BCUT2D eigenvalue weighted by Gasteiger charge is -2.20. The summed E-state index contributed by atoms with van der Waals surface area (Å²) < 4.78 is 0. The van der Waals surface area contributed by atoms with Crippen LogP contribution in [0.4, 0.5) is 5.69 Å². The van der Waals surface area contributed by atoms with Gasteiger partial charge in [0, 0.05) is 21.8 Å². The zero-order valence-corrected chi connectivity index (χ0v) is 11.7. The molecule has 0 spiro atoms. The van der Waals surface area contributed by atoms with Crippen molar-refractivity contribution in [1.29, 1.82) is 0 Å². The topological polar surface area (TPSA) is 66.4 Å². The van der Waals surface area contributed by atoms with Gasteiger partial charge < -0.3 is 10.4 Å². The third-order valence-corrected chi connectivity index (χ3v) is 3.80. The highest BCUT2D eigenvalue weighted by molar-refractivity contribution is 6.31. The normalized spacial score (nSPS) is 20.0. The number of carbonyl (C=O) groups excluding carboxylic acids is 2. The van der Waals surface area contributed by atoms with E-state index < -0.39 is 11.5 Å². The van der Waals surface area contributed by atoms with Gasteiger partial charge in [0.1, 0.15) is 0 Å². The lowest BCUT2D eigenvalue weighted by Crippen LogP contribution is -2.36. The Morgan fingerprint density at radius 2 is 1.90 bits per heavy atom. The molecule has 0 saturated heterocycles. The molecule has 0 aliphatic carbocycles. The monoisotopic (exact) mass is 301 g/mol. The number of aliphatic hydroxyl groups is 1. The number of halogens is 1. The average Bonchev–Trinajstić information content (AvgIpc) is 2.70. The molecule has 1 unspecified atom stereocenters. The number of amides is 1. The van der Waals surface area contributed by atoms with E-state index in [-0.39, 0.29) is 12.2 Å². The van der Waals surface area contributed by atoms with Crippen LogP contribution >= 0.6 is 11.6 Å². The Morgan fingerprint density at radius 1 is 1.19 bits per heavy atom. The predicted octanol–water partition coefficient (Wildman–Crippen LogP) is 2.75. The van der Waals surface area contributed by atoms with Gasteiger partial charge in [-0.05, 0) is 12.1 Å².